The molecule has 0 saturated heterocycles. The fourth-order valence-electron chi connectivity index (χ4n) is 10.8. The average Bonchev–Trinajstić information content (AvgIpc) is 2.78. The van der Waals surface area contributed by atoms with Crippen molar-refractivity contribution in [2.45, 2.75) is 106 Å². The van der Waals surface area contributed by atoms with Crippen molar-refractivity contribution in [2.75, 3.05) is 6.61 Å². The van der Waals surface area contributed by atoms with Crippen molar-refractivity contribution in [3.05, 3.63) is 11.3 Å². The fraction of sp³-hybridized carbons (Fsp3) is 0.900. The van der Waals surface area contributed by atoms with Crippen LogP contribution in [0.25, 0.3) is 0 Å². The van der Waals surface area contributed by atoms with Crippen molar-refractivity contribution in [3.63, 3.8) is 0 Å². The average molecular weight is 473 g/mol. The molecule has 4 heteroatoms. The van der Waals surface area contributed by atoms with Gasteiger partial charge in [-0.15, -0.1) is 0 Å². The Morgan fingerprint density at radius 1 is 0.912 bits per heavy atom. The molecule has 4 saturated carbocycles. The van der Waals surface area contributed by atoms with Crippen LogP contribution in [0.2, 0.25) is 0 Å². The molecule has 4 nitrogen and oxygen atoms in total. The van der Waals surface area contributed by atoms with E-state index in [1.165, 1.54) is 12.8 Å². The smallest absolute Gasteiger partial charge is 0.201 e. The van der Waals surface area contributed by atoms with Gasteiger partial charge >= 0.3 is 0 Å². The molecule has 3 N–H and O–H groups in total. The molecule has 0 spiro atoms. The van der Waals surface area contributed by atoms with Gasteiger partial charge in [-0.3, -0.25) is 4.79 Å². The summed E-state index contributed by atoms with van der Waals surface area (Å²) in [6.45, 7) is 16.0. The molecule has 0 aromatic heterocycles. The third kappa shape index (κ3) is 2.71. The van der Waals surface area contributed by atoms with Gasteiger partial charge in [0.25, 0.3) is 0 Å². The predicted molar refractivity (Wildman–Crippen MR) is 134 cm³/mol. The van der Waals surface area contributed by atoms with E-state index >= 15 is 0 Å². The van der Waals surface area contributed by atoms with Gasteiger partial charge in [0.05, 0.1) is 12.7 Å². The van der Waals surface area contributed by atoms with Crippen molar-refractivity contribution in [1.82, 2.24) is 0 Å². The summed E-state index contributed by atoms with van der Waals surface area (Å²) < 4.78 is 0. The third-order valence-corrected chi connectivity index (χ3v) is 13.4. The van der Waals surface area contributed by atoms with Crippen LogP contribution < -0.4 is 0 Å². The molecule has 0 radical (unpaired) electrons. The lowest BCUT2D eigenvalue weighted by atomic mass is 9.33. The van der Waals surface area contributed by atoms with E-state index in [4.69, 9.17) is 0 Å². The van der Waals surface area contributed by atoms with Gasteiger partial charge in [0.2, 0.25) is 5.78 Å². The number of aliphatic hydroxyl groups is 3. The number of ketones is 1. The lowest BCUT2D eigenvalue weighted by Gasteiger charge is -2.70. The van der Waals surface area contributed by atoms with Gasteiger partial charge in [0, 0.05) is 11.3 Å². The molecule has 0 aromatic carbocycles. The highest BCUT2D eigenvalue weighted by molar-refractivity contribution is 5.98. The van der Waals surface area contributed by atoms with Gasteiger partial charge in [0.1, 0.15) is 0 Å². The summed E-state index contributed by atoms with van der Waals surface area (Å²) in [5.74, 6) is 1.15. The maximum absolute atomic E-state index is 14.3. The molecule has 0 aliphatic heterocycles. The van der Waals surface area contributed by atoms with Crippen LogP contribution in [0, 0.1) is 56.7 Å². The van der Waals surface area contributed by atoms with Crippen molar-refractivity contribution in [1.29, 1.82) is 0 Å². The quantitative estimate of drug-likeness (QED) is 0.433. The second-order valence-electron chi connectivity index (χ2n) is 14.6. The first-order valence-electron chi connectivity index (χ1n) is 14.0. The predicted octanol–water partition coefficient (Wildman–Crippen LogP) is 6.06. The van der Waals surface area contributed by atoms with E-state index in [-0.39, 0.29) is 57.6 Å². The van der Waals surface area contributed by atoms with Crippen LogP contribution in [0.5, 0.6) is 0 Å². The third-order valence-electron chi connectivity index (χ3n) is 13.4. The molecule has 0 amide bonds. The molecule has 0 unspecified atom stereocenters. The number of rotatable bonds is 1. The van der Waals surface area contributed by atoms with Crippen molar-refractivity contribution >= 4 is 5.78 Å². The van der Waals surface area contributed by atoms with Crippen LogP contribution in [0.1, 0.15) is 99.8 Å². The van der Waals surface area contributed by atoms with E-state index in [1.807, 2.05) is 6.92 Å². The molecular weight excluding hydrogens is 424 g/mol. The Bertz CT molecular complexity index is 925. The highest BCUT2D eigenvalue weighted by Crippen LogP contribution is 2.75. The second kappa shape index (κ2) is 7.34. The molecule has 4 fully saturated rings. The maximum Gasteiger partial charge on any atom is 0.201 e. The summed E-state index contributed by atoms with van der Waals surface area (Å²) in [7, 11) is 0. The molecule has 5 rings (SSSR count). The first-order valence-corrected chi connectivity index (χ1v) is 14.0. The second-order valence-corrected chi connectivity index (χ2v) is 14.6. The zero-order valence-electron chi connectivity index (χ0n) is 22.6. The van der Waals surface area contributed by atoms with Crippen LogP contribution in [-0.2, 0) is 4.79 Å². The van der Waals surface area contributed by atoms with Crippen molar-refractivity contribution < 1.29 is 20.1 Å². The van der Waals surface area contributed by atoms with Gasteiger partial charge in [-0.1, -0.05) is 48.5 Å². The van der Waals surface area contributed by atoms with Crippen molar-refractivity contribution in [2.24, 2.45) is 56.7 Å². The highest BCUT2D eigenvalue weighted by Gasteiger charge is 2.72. The van der Waals surface area contributed by atoms with E-state index in [1.54, 1.807) is 0 Å². The Hall–Kier alpha value is -0.870. The molecule has 5 aliphatic rings. The highest BCUT2D eigenvalue weighted by atomic mass is 16.3. The minimum atomic E-state index is -0.604. The number of aliphatic hydroxyl groups excluding tert-OH is 3. The van der Waals surface area contributed by atoms with E-state index in [9.17, 15) is 20.1 Å². The fourth-order valence-corrected chi connectivity index (χ4v) is 10.8. The number of carbonyl (C=O) groups is 1. The van der Waals surface area contributed by atoms with Gasteiger partial charge in [-0.25, -0.2) is 0 Å². The van der Waals surface area contributed by atoms with Gasteiger partial charge in [-0.05, 0) is 102 Å². The Morgan fingerprint density at radius 3 is 2.24 bits per heavy atom. The Morgan fingerprint density at radius 2 is 1.59 bits per heavy atom. The van der Waals surface area contributed by atoms with Gasteiger partial charge < -0.3 is 15.3 Å². The zero-order valence-corrected chi connectivity index (χ0v) is 22.6. The molecular formula is C30H48O4. The first kappa shape index (κ1) is 24.8. The number of carbonyl (C=O) groups excluding carboxylic acids is 1. The Kier molecular flexibility index (Phi) is 5.36. The monoisotopic (exact) mass is 472 g/mol. The summed E-state index contributed by atoms with van der Waals surface area (Å²) in [5, 5.41) is 33.1. The van der Waals surface area contributed by atoms with Gasteiger partial charge in [-0.2, -0.15) is 0 Å². The number of hydrogen-bond donors (Lipinski definition) is 3. The molecule has 34 heavy (non-hydrogen) atoms. The van der Waals surface area contributed by atoms with Crippen molar-refractivity contribution in [3.8, 4) is 0 Å². The minimum absolute atomic E-state index is 0.0477. The largest absolute Gasteiger partial charge is 0.504 e. The summed E-state index contributed by atoms with van der Waals surface area (Å²) in [5.41, 5.74) is -0.124. The first-order chi connectivity index (χ1) is 15.7. The molecule has 0 heterocycles. The molecule has 0 aromatic rings. The number of fused-ring (bicyclic) bond motifs is 7. The van der Waals surface area contributed by atoms with Crippen LogP contribution in [0.4, 0.5) is 0 Å². The minimum Gasteiger partial charge on any atom is -0.504 e. The molecule has 0 bridgehead atoms. The standard InChI is InChI=1S/C30H48O4/c1-17-8-11-26(3)14-15-29(6)22(21(26)18(17)2)23(33)24(34)25-27(4)12-10-20(32)28(5,16-31)19(27)9-13-30(25,29)7/h17-21,25,31-33H,8-16H2,1-7H3/t17-,18+,19-,20+,21+,25-,26-,27+,28-,29-,30-/m1/s1. The van der Waals surface area contributed by atoms with Crippen LogP contribution in [-0.4, -0.2) is 33.8 Å². The summed E-state index contributed by atoms with van der Waals surface area (Å²) >= 11 is 0. The zero-order chi connectivity index (χ0) is 25.1. The number of allylic oxidation sites excluding steroid dienone is 2. The number of Topliss-reactive ketones (excluding diaryl/α,β-unsaturated/α-hetero) is 1. The van der Waals surface area contributed by atoms with Crippen LogP contribution >= 0.6 is 0 Å². The topological polar surface area (TPSA) is 77.8 Å². The SMILES string of the molecule is C[C@H]1[C@H](C)CC[C@]2(C)CC[C@]3(C)C(=C(O)C(=O)[C@@H]4[C@@]5(C)CC[C@H](O)[C@](C)(CO)[C@@H]5CC[C@]43C)[C@H]12. The maximum atomic E-state index is 14.3. The lowest BCUT2D eigenvalue weighted by Crippen LogP contribution is -2.68. The molecule has 5 aliphatic carbocycles. The van der Waals surface area contributed by atoms with E-state index < -0.39 is 11.5 Å². The van der Waals surface area contributed by atoms with E-state index in [2.05, 4.69) is 41.5 Å². The normalized spacial score (nSPS) is 57.4. The van der Waals surface area contributed by atoms with Gasteiger partial charge in [0.15, 0.2) is 5.76 Å². The van der Waals surface area contributed by atoms with Crippen LogP contribution in [0.3, 0.4) is 0 Å². The van der Waals surface area contributed by atoms with E-state index in [0.717, 1.165) is 37.7 Å². The van der Waals surface area contributed by atoms with Crippen LogP contribution in [0.15, 0.2) is 11.3 Å². The molecule has 11 atom stereocenters. The Labute approximate surface area is 206 Å². The number of hydrogen-bond acceptors (Lipinski definition) is 4. The lowest BCUT2D eigenvalue weighted by molar-refractivity contribution is -0.216. The molecule has 192 valence electrons. The summed E-state index contributed by atoms with van der Waals surface area (Å²) in [6.07, 6.45) is 7.25. The summed E-state index contributed by atoms with van der Waals surface area (Å²) in [4.78, 5) is 14.3. The Balaban J connectivity index is 1.69. The van der Waals surface area contributed by atoms with E-state index in [0.29, 0.717) is 18.3 Å². The summed E-state index contributed by atoms with van der Waals surface area (Å²) in [6, 6.07) is 0.